The Kier molecular flexibility index (Phi) is 9.01. The monoisotopic (exact) mass is 576 g/mol. The third-order valence-corrected chi connectivity index (χ3v) is 6.27. The van der Waals surface area contributed by atoms with Crippen molar-refractivity contribution in [1.82, 2.24) is 0 Å². The Morgan fingerprint density at radius 3 is 2.00 bits per heavy atom. The van der Waals surface area contributed by atoms with Crippen LogP contribution in [0.15, 0.2) is 54.6 Å². The Labute approximate surface area is 224 Å². The van der Waals surface area contributed by atoms with Gasteiger partial charge in [-0.05, 0) is 54.8 Å². The number of hydrogen-bond donors (Lipinski definition) is 0. The van der Waals surface area contributed by atoms with Gasteiger partial charge < -0.3 is 18.9 Å². The molecule has 216 valence electrons. The van der Waals surface area contributed by atoms with Gasteiger partial charge in [0.2, 0.25) is 0 Å². The summed E-state index contributed by atoms with van der Waals surface area (Å²) in [6.07, 6.45) is -8.19. The molecule has 0 bridgehead atoms. The molecular weight excluding hydrogens is 552 g/mol. The van der Waals surface area contributed by atoms with Gasteiger partial charge in [0.05, 0.1) is 18.8 Å². The van der Waals surface area contributed by atoms with Gasteiger partial charge in [-0.1, -0.05) is 12.1 Å². The number of benzene rings is 3. The molecule has 4 rings (SSSR count). The van der Waals surface area contributed by atoms with E-state index in [0.717, 1.165) is 37.1 Å². The zero-order valence-corrected chi connectivity index (χ0v) is 21.0. The van der Waals surface area contributed by atoms with Crippen LogP contribution in [0, 0.1) is 23.4 Å². The highest BCUT2D eigenvalue weighted by atomic mass is 19.4. The van der Waals surface area contributed by atoms with E-state index < -0.39 is 64.0 Å². The summed E-state index contributed by atoms with van der Waals surface area (Å²) in [6.45, 7) is 1.53. The quantitative estimate of drug-likeness (QED) is 0.191. The normalized spacial score (nSPS) is 18.1. The molecule has 1 fully saturated rings. The molecule has 0 amide bonds. The van der Waals surface area contributed by atoms with Crippen LogP contribution < -0.4 is 4.74 Å². The molecule has 0 aromatic heterocycles. The lowest BCUT2D eigenvalue weighted by Gasteiger charge is -2.30. The van der Waals surface area contributed by atoms with Crippen molar-refractivity contribution in [3.05, 3.63) is 88.7 Å². The smallest absolute Gasteiger partial charge is 0.426 e. The van der Waals surface area contributed by atoms with E-state index in [1.807, 2.05) is 0 Å². The van der Waals surface area contributed by atoms with E-state index in [9.17, 15) is 35.1 Å². The van der Waals surface area contributed by atoms with Gasteiger partial charge in [0.1, 0.15) is 28.8 Å². The summed E-state index contributed by atoms with van der Waals surface area (Å²) in [6, 6.07) is 7.91. The molecule has 4 nitrogen and oxygen atoms in total. The third-order valence-electron chi connectivity index (χ3n) is 6.27. The molecule has 1 aliphatic rings. The van der Waals surface area contributed by atoms with E-state index in [-0.39, 0.29) is 5.92 Å². The Morgan fingerprint density at radius 1 is 0.825 bits per heavy atom. The first-order chi connectivity index (χ1) is 18.9. The van der Waals surface area contributed by atoms with Crippen LogP contribution in [0.25, 0.3) is 11.1 Å². The standard InChI is InChI=1S/C28H24F8O4/c1-37-10-2-3-16-14-38-26(39-15-16)17-4-6-19(7-5-17)28(35,36)40-20-8-9-21(22(29)13-20)18-11-23(30)25(24(31)12-18)27(32,33)34/h4-9,11-13,16,26H,2-3,10,14-15H2,1H3. The molecule has 0 saturated carbocycles. The van der Waals surface area contributed by atoms with Crippen molar-refractivity contribution < 1.29 is 54.1 Å². The molecule has 0 N–H and O–H groups in total. The summed E-state index contributed by atoms with van der Waals surface area (Å²) in [5.41, 5.74) is -3.23. The molecule has 0 aliphatic carbocycles. The highest BCUT2D eigenvalue weighted by molar-refractivity contribution is 5.66. The van der Waals surface area contributed by atoms with Crippen LogP contribution in [-0.2, 0) is 26.5 Å². The fourth-order valence-corrected chi connectivity index (χ4v) is 4.25. The van der Waals surface area contributed by atoms with Crippen LogP contribution in [-0.4, -0.2) is 26.9 Å². The van der Waals surface area contributed by atoms with E-state index in [1.54, 1.807) is 7.11 Å². The fourth-order valence-electron chi connectivity index (χ4n) is 4.25. The van der Waals surface area contributed by atoms with Crippen molar-refractivity contribution in [1.29, 1.82) is 0 Å². The predicted molar refractivity (Wildman–Crippen MR) is 127 cm³/mol. The van der Waals surface area contributed by atoms with E-state index in [4.69, 9.17) is 14.2 Å². The summed E-state index contributed by atoms with van der Waals surface area (Å²) >= 11 is 0. The van der Waals surface area contributed by atoms with E-state index in [0.29, 0.717) is 43.6 Å². The Bertz CT molecular complexity index is 1280. The minimum absolute atomic E-state index is 0.201. The SMILES string of the molecule is COCCCC1COC(c2ccc(C(F)(F)Oc3ccc(-c4cc(F)c(C(F)(F)F)c(F)c4)c(F)c3)cc2)OC1. The second kappa shape index (κ2) is 12.1. The van der Waals surface area contributed by atoms with E-state index in [2.05, 4.69) is 4.74 Å². The molecule has 0 radical (unpaired) electrons. The van der Waals surface area contributed by atoms with Crippen LogP contribution >= 0.6 is 0 Å². The lowest BCUT2D eigenvalue weighted by molar-refractivity contribution is -0.206. The van der Waals surface area contributed by atoms with Gasteiger partial charge >= 0.3 is 12.3 Å². The maximum Gasteiger partial charge on any atom is 0.426 e. The summed E-state index contributed by atoms with van der Waals surface area (Å²) in [5.74, 6) is -5.55. The lowest BCUT2D eigenvalue weighted by atomic mass is 10.0. The van der Waals surface area contributed by atoms with Crippen molar-refractivity contribution in [2.24, 2.45) is 5.92 Å². The van der Waals surface area contributed by atoms with Gasteiger partial charge in [0.15, 0.2) is 6.29 Å². The molecule has 0 unspecified atom stereocenters. The van der Waals surface area contributed by atoms with Gasteiger partial charge in [0, 0.05) is 36.8 Å². The maximum atomic E-state index is 14.8. The van der Waals surface area contributed by atoms with Gasteiger partial charge in [-0.25, -0.2) is 13.2 Å². The molecule has 1 saturated heterocycles. The van der Waals surface area contributed by atoms with Crippen molar-refractivity contribution in [2.75, 3.05) is 26.9 Å². The van der Waals surface area contributed by atoms with Gasteiger partial charge in [-0.15, -0.1) is 0 Å². The second-order valence-electron chi connectivity index (χ2n) is 9.19. The highest BCUT2D eigenvalue weighted by Crippen LogP contribution is 2.38. The van der Waals surface area contributed by atoms with E-state index >= 15 is 0 Å². The Balaban J connectivity index is 1.42. The number of hydrogen-bond acceptors (Lipinski definition) is 4. The Hall–Kier alpha value is -3.22. The largest absolute Gasteiger partial charge is 0.429 e. The van der Waals surface area contributed by atoms with Crippen molar-refractivity contribution >= 4 is 0 Å². The summed E-state index contributed by atoms with van der Waals surface area (Å²) in [5, 5.41) is 0. The number of ether oxygens (including phenoxy) is 4. The highest BCUT2D eigenvalue weighted by Gasteiger charge is 2.38. The van der Waals surface area contributed by atoms with Crippen LogP contribution in [0.2, 0.25) is 0 Å². The maximum absolute atomic E-state index is 14.8. The first kappa shape index (κ1) is 29.8. The summed E-state index contributed by atoms with van der Waals surface area (Å²) < 4.78 is 132. The molecule has 40 heavy (non-hydrogen) atoms. The van der Waals surface area contributed by atoms with E-state index in [1.165, 1.54) is 12.1 Å². The minimum atomic E-state index is -5.30. The number of alkyl halides is 5. The molecule has 3 aromatic carbocycles. The lowest BCUT2D eigenvalue weighted by Crippen LogP contribution is -2.27. The second-order valence-corrected chi connectivity index (χ2v) is 9.19. The summed E-state index contributed by atoms with van der Waals surface area (Å²) in [4.78, 5) is 0. The number of halogens is 8. The average Bonchev–Trinajstić information content (AvgIpc) is 2.88. The molecular formula is C28H24F8O4. The Morgan fingerprint density at radius 2 is 1.45 bits per heavy atom. The van der Waals surface area contributed by atoms with Crippen molar-refractivity contribution in [3.63, 3.8) is 0 Å². The molecule has 12 heteroatoms. The van der Waals surface area contributed by atoms with Crippen LogP contribution in [0.1, 0.15) is 35.8 Å². The van der Waals surface area contributed by atoms with Crippen LogP contribution in [0.3, 0.4) is 0 Å². The minimum Gasteiger partial charge on any atom is -0.429 e. The number of methoxy groups -OCH3 is 1. The van der Waals surface area contributed by atoms with Crippen LogP contribution in [0.5, 0.6) is 5.75 Å². The van der Waals surface area contributed by atoms with Crippen molar-refractivity contribution in [3.8, 4) is 16.9 Å². The number of rotatable bonds is 9. The van der Waals surface area contributed by atoms with Gasteiger partial charge in [-0.3, -0.25) is 0 Å². The molecule has 1 aliphatic heterocycles. The van der Waals surface area contributed by atoms with Gasteiger partial charge in [0.25, 0.3) is 0 Å². The topological polar surface area (TPSA) is 36.9 Å². The molecule has 3 aromatic rings. The van der Waals surface area contributed by atoms with Crippen LogP contribution in [0.4, 0.5) is 35.1 Å². The fraction of sp³-hybridized carbons (Fsp3) is 0.357. The zero-order valence-electron chi connectivity index (χ0n) is 21.0. The average molecular weight is 576 g/mol. The molecule has 0 spiro atoms. The zero-order chi connectivity index (χ0) is 29.1. The van der Waals surface area contributed by atoms with Crippen molar-refractivity contribution in [2.45, 2.75) is 31.4 Å². The molecule has 0 atom stereocenters. The first-order valence-electron chi connectivity index (χ1n) is 12.1. The first-order valence-corrected chi connectivity index (χ1v) is 12.1. The molecule has 1 heterocycles. The summed E-state index contributed by atoms with van der Waals surface area (Å²) in [7, 11) is 1.62. The predicted octanol–water partition coefficient (Wildman–Crippen LogP) is 8.01. The van der Waals surface area contributed by atoms with Gasteiger partial charge in [-0.2, -0.15) is 22.0 Å². The third kappa shape index (κ3) is 6.91.